The first kappa shape index (κ1) is 9.04. The summed E-state index contributed by atoms with van der Waals surface area (Å²) in [5.41, 5.74) is 0.704. The van der Waals surface area contributed by atoms with E-state index in [1.54, 1.807) is 12.3 Å². The lowest BCUT2D eigenvalue weighted by molar-refractivity contribution is 0.542. The quantitative estimate of drug-likeness (QED) is 0.741. The van der Waals surface area contributed by atoms with E-state index in [9.17, 15) is 8.76 Å². The largest absolute Gasteiger partial charge is 0.755 e. The molecule has 0 saturated carbocycles. The van der Waals surface area contributed by atoms with Crippen molar-refractivity contribution in [3.63, 3.8) is 0 Å². The molecule has 0 spiro atoms. The number of hydrogen-bond acceptors (Lipinski definition) is 4. The molecule has 0 radical (unpaired) electrons. The lowest BCUT2D eigenvalue weighted by Gasteiger charge is -2.06. The molecule has 0 aliphatic rings. The standard InChI is InChI=1S/C8H7N3O2S/c12-14(13)11-8-9-5-6-3-1-2-4-7(6)10-8/h1-5H,(H,12,13)(H,9,10,11)/p-1. The number of para-hydroxylation sites is 1. The number of aromatic nitrogens is 2. The van der Waals surface area contributed by atoms with E-state index in [1.807, 2.05) is 18.2 Å². The van der Waals surface area contributed by atoms with Gasteiger partial charge in [-0.2, -0.15) is 0 Å². The van der Waals surface area contributed by atoms with Crippen molar-refractivity contribution in [3.05, 3.63) is 30.5 Å². The molecule has 0 fully saturated rings. The van der Waals surface area contributed by atoms with Gasteiger partial charge >= 0.3 is 0 Å². The lowest BCUT2D eigenvalue weighted by Crippen LogP contribution is -2.05. The highest BCUT2D eigenvalue weighted by molar-refractivity contribution is 7.80. The summed E-state index contributed by atoms with van der Waals surface area (Å²) < 4.78 is 22.7. The van der Waals surface area contributed by atoms with Crippen molar-refractivity contribution in [1.29, 1.82) is 0 Å². The van der Waals surface area contributed by atoms with Gasteiger partial charge in [0.2, 0.25) is 5.95 Å². The average molecular weight is 208 g/mol. The molecule has 0 saturated heterocycles. The summed E-state index contributed by atoms with van der Waals surface area (Å²) >= 11 is -2.38. The first-order chi connectivity index (χ1) is 6.75. The SMILES string of the molecule is O=S([O-])Nc1ncc2ccccc2n1. The first-order valence-corrected chi connectivity index (χ1v) is 4.91. The number of nitrogens with zero attached hydrogens (tertiary/aromatic N) is 2. The van der Waals surface area contributed by atoms with Crippen molar-refractivity contribution in [1.82, 2.24) is 9.97 Å². The maximum absolute atomic E-state index is 10.3. The molecule has 6 heteroatoms. The van der Waals surface area contributed by atoms with Crippen LogP contribution in [0, 0.1) is 0 Å². The zero-order valence-corrected chi connectivity index (χ0v) is 7.82. The summed E-state index contributed by atoms with van der Waals surface area (Å²) in [6, 6.07) is 7.33. The summed E-state index contributed by atoms with van der Waals surface area (Å²) in [6.45, 7) is 0. The molecule has 0 bridgehead atoms. The zero-order valence-electron chi connectivity index (χ0n) is 7.01. The second kappa shape index (κ2) is 3.69. The molecule has 2 aromatic rings. The van der Waals surface area contributed by atoms with Crippen LogP contribution in [0.15, 0.2) is 30.5 Å². The highest BCUT2D eigenvalue weighted by Crippen LogP contribution is 2.11. The Bertz CT molecular complexity index is 489. The smallest absolute Gasteiger partial charge is 0.234 e. The molecule has 72 valence electrons. The second-order valence-corrected chi connectivity index (χ2v) is 3.26. The Morgan fingerprint density at radius 1 is 1.36 bits per heavy atom. The van der Waals surface area contributed by atoms with Crippen LogP contribution in [0.4, 0.5) is 5.95 Å². The highest BCUT2D eigenvalue weighted by Gasteiger charge is 1.97. The van der Waals surface area contributed by atoms with E-state index >= 15 is 0 Å². The van der Waals surface area contributed by atoms with E-state index in [2.05, 4.69) is 14.7 Å². The van der Waals surface area contributed by atoms with Crippen LogP contribution in [0.3, 0.4) is 0 Å². The summed E-state index contributed by atoms with van der Waals surface area (Å²) in [6.07, 6.45) is 1.57. The van der Waals surface area contributed by atoms with Crippen molar-refractivity contribution in [2.75, 3.05) is 4.72 Å². The monoisotopic (exact) mass is 208 g/mol. The molecule has 5 nitrogen and oxygen atoms in total. The van der Waals surface area contributed by atoms with Crippen LogP contribution >= 0.6 is 0 Å². The van der Waals surface area contributed by atoms with Crippen LogP contribution in [0.5, 0.6) is 0 Å². The van der Waals surface area contributed by atoms with Crippen LogP contribution < -0.4 is 4.72 Å². The third kappa shape index (κ3) is 1.86. The molecule has 1 atom stereocenters. The molecule has 0 aliphatic carbocycles. The van der Waals surface area contributed by atoms with E-state index in [4.69, 9.17) is 0 Å². The number of benzene rings is 1. The Balaban J connectivity index is 2.46. The van der Waals surface area contributed by atoms with Crippen molar-refractivity contribution < 1.29 is 8.76 Å². The fourth-order valence-electron chi connectivity index (χ4n) is 1.10. The molecular formula is C8H6N3O2S-. The summed E-state index contributed by atoms with van der Waals surface area (Å²) in [5, 5.41) is 0.870. The van der Waals surface area contributed by atoms with Gasteiger partial charge in [0.1, 0.15) is 0 Å². The van der Waals surface area contributed by atoms with Crippen LogP contribution in [-0.4, -0.2) is 18.7 Å². The molecule has 14 heavy (non-hydrogen) atoms. The van der Waals surface area contributed by atoms with E-state index in [1.165, 1.54) is 0 Å². The molecule has 2 rings (SSSR count). The van der Waals surface area contributed by atoms with Crippen molar-refractivity contribution in [2.24, 2.45) is 0 Å². The Hall–Kier alpha value is -1.53. The highest BCUT2D eigenvalue weighted by atomic mass is 32.2. The van der Waals surface area contributed by atoms with E-state index in [-0.39, 0.29) is 5.95 Å². The molecule has 0 amide bonds. The fraction of sp³-hybridized carbons (Fsp3) is 0. The number of rotatable bonds is 2. The Morgan fingerprint density at radius 2 is 2.14 bits per heavy atom. The van der Waals surface area contributed by atoms with Gasteiger partial charge in [0.25, 0.3) is 0 Å². The minimum atomic E-state index is -2.38. The van der Waals surface area contributed by atoms with Gasteiger partial charge in [-0.1, -0.05) is 18.2 Å². The molecule has 1 heterocycles. The fourth-order valence-corrected chi connectivity index (χ4v) is 1.34. The molecule has 1 unspecified atom stereocenters. The van der Waals surface area contributed by atoms with E-state index in [0.29, 0.717) is 5.52 Å². The van der Waals surface area contributed by atoms with Gasteiger partial charge in [-0.25, -0.2) is 9.97 Å². The van der Waals surface area contributed by atoms with Gasteiger partial charge in [-0.05, 0) is 6.07 Å². The zero-order chi connectivity index (χ0) is 9.97. The molecule has 1 aromatic carbocycles. The lowest BCUT2D eigenvalue weighted by atomic mass is 10.2. The van der Waals surface area contributed by atoms with Gasteiger partial charge in [-0.15, -0.1) is 0 Å². The minimum absolute atomic E-state index is 0.0806. The van der Waals surface area contributed by atoms with Crippen LogP contribution in [0.2, 0.25) is 0 Å². The third-order valence-electron chi connectivity index (χ3n) is 1.66. The van der Waals surface area contributed by atoms with Gasteiger partial charge in [0, 0.05) is 22.8 Å². The van der Waals surface area contributed by atoms with Gasteiger partial charge < -0.3 is 4.55 Å². The summed E-state index contributed by atoms with van der Waals surface area (Å²) in [7, 11) is 0. The average Bonchev–Trinajstić information content (AvgIpc) is 2.17. The number of nitrogens with one attached hydrogen (secondary N) is 1. The molecule has 1 aromatic heterocycles. The van der Waals surface area contributed by atoms with E-state index in [0.717, 1.165) is 5.39 Å². The number of fused-ring (bicyclic) bond motifs is 1. The van der Waals surface area contributed by atoms with Crippen LogP contribution in [0.25, 0.3) is 10.9 Å². The van der Waals surface area contributed by atoms with Gasteiger partial charge in [0.05, 0.1) is 5.52 Å². The van der Waals surface area contributed by atoms with Gasteiger partial charge in [-0.3, -0.25) is 8.93 Å². The normalized spacial score (nSPS) is 12.6. The molecule has 0 aliphatic heterocycles. The molecule has 1 N–H and O–H groups in total. The maximum Gasteiger partial charge on any atom is 0.234 e. The molecular weight excluding hydrogens is 202 g/mol. The Labute approximate surface area is 82.6 Å². The topological polar surface area (TPSA) is 77.9 Å². The predicted octanol–water partition coefficient (Wildman–Crippen LogP) is 0.836. The van der Waals surface area contributed by atoms with Crippen molar-refractivity contribution in [2.45, 2.75) is 0 Å². The van der Waals surface area contributed by atoms with E-state index < -0.39 is 11.3 Å². The Morgan fingerprint density at radius 3 is 2.93 bits per heavy atom. The second-order valence-electron chi connectivity index (χ2n) is 2.59. The van der Waals surface area contributed by atoms with Crippen LogP contribution in [-0.2, 0) is 11.3 Å². The summed E-state index contributed by atoms with van der Waals surface area (Å²) in [5.74, 6) is 0.0806. The number of anilines is 1. The third-order valence-corrected chi connectivity index (χ3v) is 2.01. The Kier molecular flexibility index (Phi) is 2.38. The first-order valence-electron chi connectivity index (χ1n) is 3.83. The van der Waals surface area contributed by atoms with Crippen molar-refractivity contribution in [3.8, 4) is 0 Å². The van der Waals surface area contributed by atoms with Crippen molar-refractivity contribution >= 4 is 28.1 Å². The minimum Gasteiger partial charge on any atom is -0.755 e. The van der Waals surface area contributed by atoms with Crippen LogP contribution in [0.1, 0.15) is 0 Å². The maximum atomic E-state index is 10.3. The summed E-state index contributed by atoms with van der Waals surface area (Å²) in [4.78, 5) is 7.83. The number of hydrogen-bond donors (Lipinski definition) is 1. The predicted molar refractivity (Wildman–Crippen MR) is 52.1 cm³/mol. The van der Waals surface area contributed by atoms with Gasteiger partial charge in [0.15, 0.2) is 0 Å².